The van der Waals surface area contributed by atoms with E-state index in [1.807, 2.05) is 6.92 Å². The van der Waals surface area contributed by atoms with Crippen LogP contribution >= 0.6 is 0 Å². The summed E-state index contributed by atoms with van der Waals surface area (Å²) in [5.41, 5.74) is 1.10. The van der Waals surface area contributed by atoms with Crippen molar-refractivity contribution in [2.24, 2.45) is 0 Å². The number of nitrogens with one attached hydrogen (secondary N) is 1. The summed E-state index contributed by atoms with van der Waals surface area (Å²) in [5, 5.41) is 16.9. The monoisotopic (exact) mass is 343 g/mol. The Balaban J connectivity index is 2.16. The molecular weight excluding hydrogens is 326 g/mol. The molecule has 9 heteroatoms. The highest BCUT2D eigenvalue weighted by atomic mass is 16.5. The predicted molar refractivity (Wildman–Crippen MR) is 90.0 cm³/mol. The maximum absolute atomic E-state index is 11.6. The van der Waals surface area contributed by atoms with Gasteiger partial charge in [0.05, 0.1) is 25.5 Å². The molecule has 130 valence electrons. The molecule has 1 aromatic carbocycles. The van der Waals surface area contributed by atoms with Gasteiger partial charge in [-0.15, -0.1) is 5.10 Å². The summed E-state index contributed by atoms with van der Waals surface area (Å²) in [6, 6.07) is 4.72. The number of carboxylic acid groups (broad SMARTS) is 1. The smallest absolute Gasteiger partial charge is 0.337 e. The van der Waals surface area contributed by atoms with Crippen LogP contribution < -0.4 is 14.8 Å². The lowest BCUT2D eigenvalue weighted by Gasteiger charge is -2.15. The van der Waals surface area contributed by atoms with E-state index in [-0.39, 0.29) is 5.56 Å². The molecule has 0 aliphatic heterocycles. The van der Waals surface area contributed by atoms with Gasteiger partial charge in [0.25, 0.3) is 5.78 Å². The summed E-state index contributed by atoms with van der Waals surface area (Å²) >= 11 is 0. The van der Waals surface area contributed by atoms with Gasteiger partial charge in [0.2, 0.25) is 0 Å². The minimum absolute atomic E-state index is 0.0390. The molecule has 2 heterocycles. The Labute approximate surface area is 143 Å². The minimum Gasteiger partial charge on any atom is -0.493 e. The van der Waals surface area contributed by atoms with E-state index in [0.717, 1.165) is 5.69 Å². The van der Waals surface area contributed by atoms with Gasteiger partial charge in [-0.3, -0.25) is 0 Å². The van der Waals surface area contributed by atoms with Gasteiger partial charge >= 0.3 is 5.97 Å². The average molecular weight is 343 g/mol. The number of ether oxygens (including phenoxy) is 2. The summed E-state index contributed by atoms with van der Waals surface area (Å²) in [6.45, 7) is 3.58. The van der Waals surface area contributed by atoms with Crippen molar-refractivity contribution in [3.05, 3.63) is 35.3 Å². The molecule has 0 radical (unpaired) electrons. The van der Waals surface area contributed by atoms with E-state index in [2.05, 4.69) is 20.4 Å². The zero-order chi connectivity index (χ0) is 18.1. The van der Waals surface area contributed by atoms with Crippen LogP contribution in [0.3, 0.4) is 0 Å². The van der Waals surface area contributed by atoms with Crippen molar-refractivity contribution in [2.45, 2.75) is 13.8 Å². The third-order valence-electron chi connectivity index (χ3n) is 3.56. The molecule has 0 aliphatic carbocycles. The lowest BCUT2D eigenvalue weighted by Crippen LogP contribution is -2.08. The van der Waals surface area contributed by atoms with E-state index in [9.17, 15) is 9.90 Å². The summed E-state index contributed by atoms with van der Waals surface area (Å²) in [5.74, 6) is 1.17. The predicted octanol–water partition coefficient (Wildman–Crippen LogP) is 2.20. The van der Waals surface area contributed by atoms with Crippen molar-refractivity contribution >= 4 is 23.3 Å². The number of rotatable bonds is 5. The molecular formula is C16H17N5O4. The van der Waals surface area contributed by atoms with Crippen LogP contribution in [0.25, 0.3) is 5.78 Å². The van der Waals surface area contributed by atoms with Gasteiger partial charge in [-0.1, -0.05) is 0 Å². The van der Waals surface area contributed by atoms with E-state index in [1.54, 1.807) is 19.1 Å². The van der Waals surface area contributed by atoms with Gasteiger partial charge in [0.15, 0.2) is 11.5 Å². The topological polar surface area (TPSA) is 111 Å². The molecule has 25 heavy (non-hydrogen) atoms. The minimum atomic E-state index is -1.10. The SMILES string of the molecule is COc1cc(Nc2cc(C)nc3nc(C)nn23)c(C(=O)O)cc1OC. The number of nitrogens with zero attached hydrogens (tertiary/aromatic N) is 4. The largest absolute Gasteiger partial charge is 0.493 e. The maximum Gasteiger partial charge on any atom is 0.337 e. The van der Waals surface area contributed by atoms with Gasteiger partial charge in [-0.2, -0.15) is 9.50 Å². The number of anilines is 2. The second-order valence-corrected chi connectivity index (χ2v) is 5.34. The first-order valence-electron chi connectivity index (χ1n) is 7.40. The fourth-order valence-electron chi connectivity index (χ4n) is 2.47. The molecule has 2 N–H and O–H groups in total. The van der Waals surface area contributed by atoms with Gasteiger partial charge in [-0.05, 0) is 13.8 Å². The number of hydrogen-bond acceptors (Lipinski definition) is 7. The summed E-state index contributed by atoms with van der Waals surface area (Å²) in [7, 11) is 2.93. The van der Waals surface area contributed by atoms with Crippen LogP contribution in [0.15, 0.2) is 18.2 Å². The molecule has 0 amide bonds. The molecule has 0 saturated heterocycles. The molecule has 0 aliphatic rings. The number of benzene rings is 1. The highest BCUT2D eigenvalue weighted by Crippen LogP contribution is 2.34. The number of aromatic nitrogens is 4. The van der Waals surface area contributed by atoms with Crippen LogP contribution in [0, 0.1) is 13.8 Å². The van der Waals surface area contributed by atoms with Crippen LogP contribution in [0.2, 0.25) is 0 Å². The normalized spacial score (nSPS) is 10.7. The van der Waals surface area contributed by atoms with Crippen LogP contribution in [0.4, 0.5) is 11.5 Å². The Morgan fingerprint density at radius 3 is 2.44 bits per heavy atom. The number of hydrogen-bond donors (Lipinski definition) is 2. The van der Waals surface area contributed by atoms with Crippen molar-refractivity contribution in [3.63, 3.8) is 0 Å². The molecule has 3 rings (SSSR count). The highest BCUT2D eigenvalue weighted by Gasteiger charge is 2.18. The Bertz CT molecular complexity index is 967. The fraction of sp³-hybridized carbons (Fsp3) is 0.250. The zero-order valence-corrected chi connectivity index (χ0v) is 14.2. The van der Waals surface area contributed by atoms with Crippen molar-refractivity contribution < 1.29 is 19.4 Å². The molecule has 9 nitrogen and oxygen atoms in total. The van der Waals surface area contributed by atoms with Gasteiger partial charge in [0, 0.05) is 23.9 Å². The van der Waals surface area contributed by atoms with Crippen molar-refractivity contribution in [1.29, 1.82) is 0 Å². The second-order valence-electron chi connectivity index (χ2n) is 5.34. The number of carboxylic acids is 1. The summed E-state index contributed by atoms with van der Waals surface area (Å²) < 4.78 is 11.9. The van der Waals surface area contributed by atoms with Crippen LogP contribution in [0.1, 0.15) is 21.9 Å². The maximum atomic E-state index is 11.6. The third-order valence-corrected chi connectivity index (χ3v) is 3.56. The molecule has 0 saturated carbocycles. The Morgan fingerprint density at radius 1 is 1.12 bits per heavy atom. The molecule has 0 fully saturated rings. The Morgan fingerprint density at radius 2 is 1.80 bits per heavy atom. The van der Waals surface area contributed by atoms with Crippen LogP contribution in [-0.2, 0) is 0 Å². The van der Waals surface area contributed by atoms with Crippen molar-refractivity contribution in [1.82, 2.24) is 19.6 Å². The molecule has 0 atom stereocenters. The van der Waals surface area contributed by atoms with Crippen LogP contribution in [0.5, 0.6) is 11.5 Å². The molecule has 0 unspecified atom stereocenters. The number of carbonyl (C=O) groups is 1. The van der Waals surface area contributed by atoms with E-state index in [4.69, 9.17) is 9.47 Å². The van der Waals surface area contributed by atoms with Gasteiger partial charge in [0.1, 0.15) is 11.6 Å². The fourth-order valence-corrected chi connectivity index (χ4v) is 2.47. The Hall–Kier alpha value is -3.36. The standard InChI is InChI=1S/C16H17N5O4/c1-8-5-14(21-16(17-8)18-9(2)20-21)19-11-7-13(25-4)12(24-3)6-10(11)15(22)23/h5-7,19H,1-4H3,(H,22,23). The summed E-state index contributed by atoms with van der Waals surface area (Å²) in [4.78, 5) is 20.2. The zero-order valence-electron chi connectivity index (χ0n) is 14.2. The van der Waals surface area contributed by atoms with E-state index in [0.29, 0.717) is 34.6 Å². The number of fused-ring (bicyclic) bond motifs is 1. The lowest BCUT2D eigenvalue weighted by atomic mass is 10.1. The second kappa shape index (κ2) is 6.27. The molecule has 0 bridgehead atoms. The Kier molecular flexibility index (Phi) is 4.14. The molecule has 2 aromatic heterocycles. The third kappa shape index (κ3) is 3.03. The number of aryl methyl sites for hydroxylation is 2. The number of aromatic carboxylic acids is 1. The quantitative estimate of drug-likeness (QED) is 0.725. The molecule has 0 spiro atoms. The summed E-state index contributed by atoms with van der Waals surface area (Å²) in [6.07, 6.45) is 0. The molecule has 3 aromatic rings. The van der Waals surface area contributed by atoms with Gasteiger partial charge < -0.3 is 19.9 Å². The van der Waals surface area contributed by atoms with Crippen LogP contribution in [-0.4, -0.2) is 44.9 Å². The lowest BCUT2D eigenvalue weighted by molar-refractivity contribution is 0.0697. The first-order chi connectivity index (χ1) is 11.9. The number of methoxy groups -OCH3 is 2. The average Bonchev–Trinajstić information content (AvgIpc) is 2.94. The van der Waals surface area contributed by atoms with E-state index in [1.165, 1.54) is 24.8 Å². The van der Waals surface area contributed by atoms with Crippen molar-refractivity contribution in [2.75, 3.05) is 19.5 Å². The van der Waals surface area contributed by atoms with E-state index < -0.39 is 5.97 Å². The van der Waals surface area contributed by atoms with E-state index >= 15 is 0 Å². The van der Waals surface area contributed by atoms with Crippen molar-refractivity contribution in [3.8, 4) is 11.5 Å². The highest BCUT2D eigenvalue weighted by molar-refractivity contribution is 5.96. The first-order valence-corrected chi connectivity index (χ1v) is 7.40. The first kappa shape index (κ1) is 16.5. The van der Waals surface area contributed by atoms with Gasteiger partial charge in [-0.25, -0.2) is 9.78 Å².